The van der Waals surface area contributed by atoms with Crippen LogP contribution in [0.2, 0.25) is 0 Å². The van der Waals surface area contributed by atoms with Crippen molar-refractivity contribution >= 4 is 0 Å². The van der Waals surface area contributed by atoms with Crippen LogP contribution < -0.4 is 4.74 Å². The minimum Gasteiger partial charge on any atom is -0.429 e. The van der Waals surface area contributed by atoms with E-state index in [1.54, 1.807) is 0 Å². The normalized spacial score (nSPS) is 27.9. The van der Waals surface area contributed by atoms with E-state index < -0.39 is 30.3 Å². The highest BCUT2D eigenvalue weighted by Crippen LogP contribution is 2.28. The highest BCUT2D eigenvalue weighted by atomic mass is 19.3. The van der Waals surface area contributed by atoms with Crippen molar-refractivity contribution in [2.45, 2.75) is 51.8 Å². The topological polar surface area (TPSA) is 46.2 Å². The van der Waals surface area contributed by atoms with Crippen molar-refractivity contribution in [3.63, 3.8) is 0 Å². The number of alkyl halides is 2. The van der Waals surface area contributed by atoms with Crippen LogP contribution in [-0.4, -0.2) is 45.6 Å². The van der Waals surface area contributed by atoms with Gasteiger partial charge in [-0.1, -0.05) is 13.3 Å². The minimum atomic E-state index is -3.29. The maximum Gasteiger partial charge on any atom is 0.387 e. The lowest BCUT2D eigenvalue weighted by Crippen LogP contribution is -2.44. The number of rotatable bonds is 8. The predicted octanol–water partition coefficient (Wildman–Crippen LogP) is 4.28. The fourth-order valence-corrected chi connectivity index (χ4v) is 3.53. The van der Waals surface area contributed by atoms with Gasteiger partial charge in [-0.15, -0.1) is 0 Å². The summed E-state index contributed by atoms with van der Waals surface area (Å²) in [6.45, 7) is 0.969. The van der Waals surface area contributed by atoms with Crippen molar-refractivity contribution in [3.05, 3.63) is 29.3 Å². The summed E-state index contributed by atoms with van der Waals surface area (Å²) in [5, 5.41) is 0. The Hall–Kier alpha value is -1.42. The number of benzene rings is 1. The van der Waals surface area contributed by atoms with Crippen LogP contribution in [0.25, 0.3) is 0 Å². The van der Waals surface area contributed by atoms with Gasteiger partial charge in [-0.2, -0.15) is 8.78 Å². The van der Waals surface area contributed by atoms with E-state index in [0.717, 1.165) is 25.0 Å². The summed E-state index contributed by atoms with van der Waals surface area (Å²) < 4.78 is 78.7. The van der Waals surface area contributed by atoms with Crippen LogP contribution in [0.15, 0.2) is 12.1 Å². The molecule has 2 fully saturated rings. The lowest BCUT2D eigenvalue weighted by atomic mass is 10.0. The smallest absolute Gasteiger partial charge is 0.387 e. The van der Waals surface area contributed by atoms with E-state index in [4.69, 9.17) is 18.9 Å². The van der Waals surface area contributed by atoms with Gasteiger partial charge in [-0.25, -0.2) is 8.78 Å². The first-order valence-corrected chi connectivity index (χ1v) is 9.85. The summed E-state index contributed by atoms with van der Waals surface area (Å²) in [5.41, 5.74) is 0.303. The number of hydrogen-bond acceptors (Lipinski definition) is 5. The molecule has 1 aromatic rings. The average Bonchev–Trinajstić information content (AvgIpc) is 2.70. The van der Waals surface area contributed by atoms with Gasteiger partial charge in [0.05, 0.1) is 32.3 Å². The van der Waals surface area contributed by atoms with Gasteiger partial charge in [0.25, 0.3) is 0 Å². The number of halogens is 4. The third-order valence-electron chi connectivity index (χ3n) is 5.00. The second-order valence-corrected chi connectivity index (χ2v) is 7.35. The van der Waals surface area contributed by atoms with Crippen molar-refractivity contribution < 1.29 is 41.2 Å². The number of ether oxygens (including phenoxy) is 5. The predicted molar refractivity (Wildman–Crippen MR) is 94.6 cm³/mol. The van der Waals surface area contributed by atoms with Gasteiger partial charge in [0.15, 0.2) is 30.0 Å². The first-order valence-electron chi connectivity index (χ1n) is 9.85. The van der Waals surface area contributed by atoms with E-state index in [0.29, 0.717) is 44.3 Å². The van der Waals surface area contributed by atoms with E-state index in [9.17, 15) is 17.6 Å². The summed E-state index contributed by atoms with van der Waals surface area (Å²) in [4.78, 5) is 0. The van der Waals surface area contributed by atoms with Crippen LogP contribution in [0.5, 0.6) is 5.75 Å². The SMILES string of the molecule is CCC[C@H]1CO[C@H]([C@H]2CO[C@H](CCc3cc(F)c(OC(F)F)c(F)c3)OC2)OC1. The first kappa shape index (κ1) is 22.3. The summed E-state index contributed by atoms with van der Waals surface area (Å²) in [6.07, 6.45) is 1.91. The van der Waals surface area contributed by atoms with E-state index in [1.165, 1.54) is 0 Å². The van der Waals surface area contributed by atoms with Crippen molar-refractivity contribution in [2.24, 2.45) is 11.8 Å². The lowest BCUT2D eigenvalue weighted by molar-refractivity contribution is -0.281. The molecule has 0 bridgehead atoms. The number of hydrogen-bond donors (Lipinski definition) is 0. The van der Waals surface area contributed by atoms with E-state index >= 15 is 0 Å². The van der Waals surface area contributed by atoms with Gasteiger partial charge < -0.3 is 23.7 Å². The van der Waals surface area contributed by atoms with Gasteiger partial charge in [0, 0.05) is 12.3 Å². The molecule has 0 aromatic heterocycles. The lowest BCUT2D eigenvalue weighted by Gasteiger charge is -2.37. The van der Waals surface area contributed by atoms with Crippen LogP contribution in [0.1, 0.15) is 31.7 Å². The standard InChI is InChI=1S/C20H26F4O5/c1-2-3-13-8-27-19(28-9-13)14-10-25-17(26-11-14)5-4-12-6-15(21)18(16(22)7-12)29-20(23)24/h6-7,13-14,17,19-20H,2-5,8-11H2,1H3/t13-,14-,17-,19-. The fraction of sp³-hybridized carbons (Fsp3) is 0.700. The molecule has 1 aromatic carbocycles. The number of aryl methyl sites for hydroxylation is 1. The molecular formula is C20H26F4O5. The molecule has 9 heteroatoms. The highest BCUT2D eigenvalue weighted by molar-refractivity contribution is 5.31. The van der Waals surface area contributed by atoms with Gasteiger partial charge in [-0.3, -0.25) is 0 Å². The fourth-order valence-electron chi connectivity index (χ4n) is 3.53. The highest BCUT2D eigenvalue weighted by Gasteiger charge is 2.33. The third kappa shape index (κ3) is 6.28. The molecule has 5 nitrogen and oxygen atoms in total. The Balaban J connectivity index is 1.42. The maximum atomic E-state index is 13.8. The van der Waals surface area contributed by atoms with E-state index in [-0.39, 0.29) is 18.6 Å². The molecule has 0 saturated carbocycles. The minimum absolute atomic E-state index is 0.0329. The van der Waals surface area contributed by atoms with Crippen LogP contribution in [0.3, 0.4) is 0 Å². The molecular weight excluding hydrogens is 396 g/mol. The second-order valence-electron chi connectivity index (χ2n) is 7.35. The molecule has 3 rings (SSSR count). The molecule has 2 aliphatic rings. The van der Waals surface area contributed by atoms with Crippen molar-refractivity contribution in [3.8, 4) is 5.75 Å². The summed E-state index contributed by atoms with van der Waals surface area (Å²) >= 11 is 0. The molecule has 0 aliphatic carbocycles. The Morgan fingerprint density at radius 1 is 0.966 bits per heavy atom. The third-order valence-corrected chi connectivity index (χ3v) is 5.00. The molecule has 0 unspecified atom stereocenters. The Labute approximate surface area is 167 Å². The molecule has 29 heavy (non-hydrogen) atoms. The Morgan fingerprint density at radius 3 is 2.14 bits per heavy atom. The Bertz CT molecular complexity index is 621. The van der Waals surface area contributed by atoms with Gasteiger partial charge in [-0.05, 0) is 30.5 Å². The average molecular weight is 422 g/mol. The van der Waals surface area contributed by atoms with Crippen molar-refractivity contribution in [1.82, 2.24) is 0 Å². The van der Waals surface area contributed by atoms with E-state index in [1.807, 2.05) is 0 Å². The summed E-state index contributed by atoms with van der Waals surface area (Å²) in [7, 11) is 0. The summed E-state index contributed by atoms with van der Waals surface area (Å²) in [6, 6.07) is 1.95. The van der Waals surface area contributed by atoms with Crippen LogP contribution >= 0.6 is 0 Å². The van der Waals surface area contributed by atoms with Crippen LogP contribution in [-0.2, 0) is 25.4 Å². The zero-order valence-electron chi connectivity index (χ0n) is 16.3. The van der Waals surface area contributed by atoms with Crippen LogP contribution in [0, 0.1) is 23.5 Å². The maximum absolute atomic E-state index is 13.8. The zero-order valence-corrected chi connectivity index (χ0v) is 16.3. The molecule has 0 atom stereocenters. The van der Waals surface area contributed by atoms with Gasteiger partial charge >= 0.3 is 6.61 Å². The van der Waals surface area contributed by atoms with Crippen molar-refractivity contribution in [1.29, 1.82) is 0 Å². The van der Waals surface area contributed by atoms with E-state index in [2.05, 4.69) is 11.7 Å². The Morgan fingerprint density at radius 2 is 1.59 bits per heavy atom. The molecule has 2 aliphatic heterocycles. The van der Waals surface area contributed by atoms with Crippen molar-refractivity contribution in [2.75, 3.05) is 26.4 Å². The molecule has 0 N–H and O–H groups in total. The molecule has 164 valence electrons. The van der Waals surface area contributed by atoms with Gasteiger partial charge in [0.1, 0.15) is 0 Å². The quantitative estimate of drug-likeness (QED) is 0.586. The Kier molecular flexibility index (Phi) is 8.11. The summed E-state index contributed by atoms with van der Waals surface area (Å²) in [5.74, 6) is -3.02. The molecule has 0 amide bonds. The zero-order chi connectivity index (χ0) is 20.8. The molecule has 0 spiro atoms. The second kappa shape index (κ2) is 10.6. The molecule has 2 heterocycles. The van der Waals surface area contributed by atoms with Crippen LogP contribution in [0.4, 0.5) is 17.6 Å². The van der Waals surface area contributed by atoms with Gasteiger partial charge in [0.2, 0.25) is 0 Å². The molecule has 0 radical (unpaired) electrons. The molecule has 2 saturated heterocycles. The first-order chi connectivity index (χ1) is 14.0. The largest absolute Gasteiger partial charge is 0.429 e. The monoisotopic (exact) mass is 422 g/mol.